The number of phosphoric acid groups is 2. The van der Waals surface area contributed by atoms with Gasteiger partial charge in [0, 0.05) is 25.7 Å². The van der Waals surface area contributed by atoms with Crippen molar-refractivity contribution in [3.8, 4) is 0 Å². The molecular formula is C83H162O17P2. The molecule has 17 nitrogen and oxygen atoms in total. The van der Waals surface area contributed by atoms with Gasteiger partial charge in [-0.1, -0.05) is 394 Å². The average Bonchev–Trinajstić information content (AvgIpc) is 0.920. The monoisotopic (exact) mass is 1490 g/mol. The Hall–Kier alpha value is -1.94. The van der Waals surface area contributed by atoms with Crippen LogP contribution >= 0.6 is 15.6 Å². The molecule has 606 valence electrons. The van der Waals surface area contributed by atoms with Crippen molar-refractivity contribution < 1.29 is 80.2 Å². The molecule has 102 heavy (non-hydrogen) atoms. The van der Waals surface area contributed by atoms with Crippen molar-refractivity contribution in [1.82, 2.24) is 0 Å². The van der Waals surface area contributed by atoms with Crippen molar-refractivity contribution >= 4 is 39.5 Å². The van der Waals surface area contributed by atoms with E-state index in [0.717, 1.165) is 109 Å². The lowest BCUT2D eigenvalue weighted by Gasteiger charge is -2.21. The molecule has 0 bridgehead atoms. The van der Waals surface area contributed by atoms with Gasteiger partial charge in [0.05, 0.1) is 26.4 Å². The second-order valence-corrected chi connectivity index (χ2v) is 33.3. The first-order chi connectivity index (χ1) is 49.5. The van der Waals surface area contributed by atoms with Crippen LogP contribution in [0.5, 0.6) is 0 Å². The Morgan fingerprint density at radius 2 is 0.451 bits per heavy atom. The lowest BCUT2D eigenvalue weighted by Crippen LogP contribution is -2.30. The minimum Gasteiger partial charge on any atom is -0.462 e. The van der Waals surface area contributed by atoms with E-state index < -0.39 is 97.5 Å². The number of carbonyl (C=O) groups is 4. The maximum Gasteiger partial charge on any atom is 0.472 e. The molecule has 2 unspecified atom stereocenters. The largest absolute Gasteiger partial charge is 0.472 e. The quantitative estimate of drug-likeness (QED) is 0.0222. The van der Waals surface area contributed by atoms with E-state index in [1.807, 2.05) is 0 Å². The summed E-state index contributed by atoms with van der Waals surface area (Å²) in [4.78, 5) is 73.0. The number of aliphatic hydroxyl groups is 1. The average molecular weight is 1490 g/mol. The first-order valence-corrected chi connectivity index (χ1v) is 46.1. The third-order valence-corrected chi connectivity index (χ3v) is 21.4. The molecule has 19 heteroatoms. The molecule has 0 aliphatic rings. The van der Waals surface area contributed by atoms with Crippen LogP contribution in [0.25, 0.3) is 0 Å². The van der Waals surface area contributed by atoms with Crippen LogP contribution in [0, 0.1) is 5.92 Å². The number of unbranched alkanes of at least 4 members (excludes halogenated alkanes) is 55. The molecule has 0 aromatic carbocycles. The maximum absolute atomic E-state index is 13.1. The summed E-state index contributed by atoms with van der Waals surface area (Å²) in [6, 6.07) is 0. The van der Waals surface area contributed by atoms with Crippen LogP contribution in [0.3, 0.4) is 0 Å². The molecule has 0 aromatic rings. The molecule has 0 saturated heterocycles. The van der Waals surface area contributed by atoms with Gasteiger partial charge in [-0.05, 0) is 31.6 Å². The van der Waals surface area contributed by atoms with Gasteiger partial charge in [0.15, 0.2) is 12.2 Å². The molecule has 0 rings (SSSR count). The number of rotatable bonds is 83. The SMILES string of the molecule is CCCCCCCCCCCCCCCCCCCCCCC(=O)O[C@H](COC(=O)CCCCCCCCCCCCCCCCCCC(C)C)COP(=O)(O)OC[C@@H](O)COP(=O)(O)OC[C@@H](COC(=O)CCCCCCCCC)OC(=O)CCCCCCCCCCCCCCCCCC. The molecule has 0 spiro atoms. The zero-order valence-electron chi connectivity index (χ0n) is 66.8. The van der Waals surface area contributed by atoms with E-state index in [2.05, 4.69) is 34.6 Å². The van der Waals surface area contributed by atoms with Gasteiger partial charge in [0.1, 0.15) is 19.3 Å². The zero-order chi connectivity index (χ0) is 74.8. The van der Waals surface area contributed by atoms with E-state index in [1.165, 1.54) is 257 Å². The Bertz CT molecular complexity index is 1940. The van der Waals surface area contributed by atoms with Crippen molar-refractivity contribution in [2.45, 2.75) is 464 Å². The van der Waals surface area contributed by atoms with E-state index in [9.17, 15) is 43.2 Å². The van der Waals surface area contributed by atoms with Crippen molar-refractivity contribution in [3.63, 3.8) is 0 Å². The predicted octanol–water partition coefficient (Wildman–Crippen LogP) is 25.2. The highest BCUT2D eigenvalue weighted by Gasteiger charge is 2.30. The van der Waals surface area contributed by atoms with Crippen LogP contribution < -0.4 is 0 Å². The van der Waals surface area contributed by atoms with Gasteiger partial charge in [-0.15, -0.1) is 0 Å². The molecule has 0 aliphatic carbocycles. The molecule has 0 heterocycles. The van der Waals surface area contributed by atoms with Gasteiger partial charge < -0.3 is 33.8 Å². The van der Waals surface area contributed by atoms with Gasteiger partial charge in [0.2, 0.25) is 0 Å². The smallest absolute Gasteiger partial charge is 0.462 e. The van der Waals surface area contributed by atoms with Crippen LogP contribution in [0.4, 0.5) is 0 Å². The summed E-state index contributed by atoms with van der Waals surface area (Å²) in [5, 5.41) is 10.6. The van der Waals surface area contributed by atoms with Crippen LogP contribution in [0.2, 0.25) is 0 Å². The van der Waals surface area contributed by atoms with Gasteiger partial charge >= 0.3 is 39.5 Å². The summed E-state index contributed by atoms with van der Waals surface area (Å²) >= 11 is 0. The Labute approximate surface area is 626 Å². The number of hydrogen-bond acceptors (Lipinski definition) is 15. The second-order valence-electron chi connectivity index (χ2n) is 30.3. The molecule has 0 aliphatic heterocycles. The summed E-state index contributed by atoms with van der Waals surface area (Å²) < 4.78 is 68.7. The van der Waals surface area contributed by atoms with E-state index in [4.69, 9.17) is 37.0 Å². The zero-order valence-corrected chi connectivity index (χ0v) is 68.5. The van der Waals surface area contributed by atoms with E-state index in [1.54, 1.807) is 0 Å². The summed E-state index contributed by atoms with van der Waals surface area (Å²) in [5.74, 6) is -1.30. The number of hydrogen-bond donors (Lipinski definition) is 3. The first kappa shape index (κ1) is 100. The Morgan fingerprint density at radius 1 is 0.265 bits per heavy atom. The normalized spacial score (nSPS) is 13.8. The van der Waals surface area contributed by atoms with Crippen LogP contribution in [0.1, 0.15) is 446 Å². The molecule has 0 saturated carbocycles. The minimum absolute atomic E-state index is 0.108. The standard InChI is InChI=1S/C83H162O17P2/c1-6-9-12-15-18-20-22-24-26-28-29-30-31-37-41-45-49-54-59-64-69-83(88)100-79(73-94-81(86)67-62-57-52-47-43-39-36-33-32-34-38-42-46-51-55-60-65-76(4)5)75-98-102(91,92)96-71-77(84)70-95-101(89,90)97-74-78(72-93-80(85)66-61-56-50-17-14-11-8-3)99-82(87)68-63-58-53-48-44-40-35-27-25-23-21-19-16-13-10-7-2/h76-79,84H,6-75H2,1-5H3,(H,89,90)(H,91,92)/t77-,78+,79+/m0/s1. The fourth-order valence-corrected chi connectivity index (χ4v) is 14.5. The Kier molecular flexibility index (Phi) is 74.4. The van der Waals surface area contributed by atoms with Crippen LogP contribution in [-0.2, 0) is 65.4 Å². The fourth-order valence-electron chi connectivity index (χ4n) is 12.9. The highest BCUT2D eigenvalue weighted by molar-refractivity contribution is 7.47. The third-order valence-electron chi connectivity index (χ3n) is 19.5. The molecule has 0 amide bonds. The Morgan fingerprint density at radius 3 is 0.667 bits per heavy atom. The van der Waals surface area contributed by atoms with Gasteiger partial charge in [-0.3, -0.25) is 37.3 Å². The van der Waals surface area contributed by atoms with Gasteiger partial charge in [-0.25, -0.2) is 9.13 Å². The molecule has 0 radical (unpaired) electrons. The lowest BCUT2D eigenvalue weighted by atomic mass is 10.0. The molecular weight excluding hydrogens is 1330 g/mol. The van der Waals surface area contributed by atoms with Crippen LogP contribution in [0.15, 0.2) is 0 Å². The molecule has 5 atom stereocenters. The first-order valence-electron chi connectivity index (χ1n) is 43.1. The highest BCUT2D eigenvalue weighted by Crippen LogP contribution is 2.45. The lowest BCUT2D eigenvalue weighted by molar-refractivity contribution is -0.161. The summed E-state index contributed by atoms with van der Waals surface area (Å²) in [5.41, 5.74) is 0. The van der Waals surface area contributed by atoms with E-state index in [-0.39, 0.29) is 25.7 Å². The van der Waals surface area contributed by atoms with E-state index >= 15 is 0 Å². The highest BCUT2D eigenvalue weighted by atomic mass is 31.2. The summed E-state index contributed by atoms with van der Waals surface area (Å²) in [6.45, 7) is 7.34. The minimum atomic E-state index is -4.96. The van der Waals surface area contributed by atoms with E-state index in [0.29, 0.717) is 25.7 Å². The summed E-state index contributed by atoms with van der Waals surface area (Å²) in [7, 11) is -9.92. The molecule has 3 N–H and O–H groups in total. The number of esters is 4. The topological polar surface area (TPSA) is 237 Å². The second kappa shape index (κ2) is 75.9. The van der Waals surface area contributed by atoms with Crippen molar-refractivity contribution in [3.05, 3.63) is 0 Å². The van der Waals surface area contributed by atoms with Crippen LogP contribution in [-0.4, -0.2) is 96.7 Å². The predicted molar refractivity (Wildman–Crippen MR) is 418 cm³/mol. The maximum atomic E-state index is 13.1. The third kappa shape index (κ3) is 76.3. The fraction of sp³-hybridized carbons (Fsp3) is 0.952. The number of aliphatic hydroxyl groups excluding tert-OH is 1. The van der Waals surface area contributed by atoms with Crippen molar-refractivity contribution in [1.29, 1.82) is 0 Å². The molecule has 0 fully saturated rings. The summed E-state index contributed by atoms with van der Waals surface area (Å²) in [6.07, 6.45) is 68.2. The number of carbonyl (C=O) groups excluding carboxylic acids is 4. The number of ether oxygens (including phenoxy) is 4. The number of phosphoric ester groups is 2. The Balaban J connectivity index is 5.17. The van der Waals surface area contributed by atoms with Gasteiger partial charge in [0.25, 0.3) is 0 Å². The molecule has 0 aromatic heterocycles. The van der Waals surface area contributed by atoms with Crippen molar-refractivity contribution in [2.75, 3.05) is 39.6 Å². The van der Waals surface area contributed by atoms with Crippen molar-refractivity contribution in [2.24, 2.45) is 5.92 Å². The van der Waals surface area contributed by atoms with Gasteiger partial charge in [-0.2, -0.15) is 0 Å².